The summed E-state index contributed by atoms with van der Waals surface area (Å²) in [4.78, 5) is 11.9. The minimum absolute atomic E-state index is 0. The van der Waals surface area contributed by atoms with Crippen molar-refractivity contribution < 1.29 is 24.3 Å². The minimum atomic E-state index is -0.0619. The third-order valence-corrected chi connectivity index (χ3v) is 3.76. The molecule has 1 fully saturated rings. The van der Waals surface area contributed by atoms with E-state index in [9.17, 15) is 4.79 Å². The maximum atomic E-state index is 11.9. The van der Waals surface area contributed by atoms with E-state index in [1.54, 1.807) is 0 Å². The molecule has 18 heavy (non-hydrogen) atoms. The minimum Gasteiger partial charge on any atom is -0.328 e. The van der Waals surface area contributed by atoms with E-state index in [0.29, 0.717) is 11.7 Å². The number of carbonyl (C=O) groups is 1. The van der Waals surface area contributed by atoms with E-state index >= 15 is 0 Å². The van der Waals surface area contributed by atoms with E-state index in [1.807, 2.05) is 13.8 Å². The van der Waals surface area contributed by atoms with E-state index in [-0.39, 0.29) is 36.9 Å². The number of hydrogen-bond acceptors (Lipinski definition) is 2. The molecule has 1 aliphatic rings. The maximum Gasteiger partial charge on any atom is 0.135 e. The summed E-state index contributed by atoms with van der Waals surface area (Å²) in [6, 6.07) is 0. The number of rotatable bonds is 4. The molecule has 102 valence electrons. The number of carbonyl (C=O) groups excluding carboxylic acids is 1. The Kier molecular flexibility index (Phi) is 7.25. The maximum absolute atomic E-state index is 11.9. The molecular weight excluding hydrogens is 276 g/mol. The molecule has 0 saturated heterocycles. The zero-order chi connectivity index (χ0) is 13.2. The number of ketones is 1. The molecule has 3 unspecified atom stereocenters. The van der Waals surface area contributed by atoms with Gasteiger partial charge in [0, 0.05) is 25.4 Å². The van der Waals surface area contributed by atoms with E-state index in [2.05, 4.69) is 20.8 Å². The summed E-state index contributed by atoms with van der Waals surface area (Å²) in [6.45, 7) is 10.4. The number of nitrogens with two attached hydrogens (primary N) is 1. The molecule has 0 aromatic rings. The fourth-order valence-electron chi connectivity index (χ4n) is 3.33. The Morgan fingerprint density at radius 1 is 1.44 bits per heavy atom. The van der Waals surface area contributed by atoms with Crippen LogP contribution in [0.3, 0.4) is 0 Å². The average Bonchev–Trinajstić information content (AvgIpc) is 2.12. The quantitative estimate of drug-likeness (QED) is 0.639. The third kappa shape index (κ3) is 5.49. The Hall–Kier alpha value is 0.253. The first-order valence-electron chi connectivity index (χ1n) is 6.87. The Balaban J connectivity index is 0.00000289. The summed E-state index contributed by atoms with van der Waals surface area (Å²) < 4.78 is 0. The van der Waals surface area contributed by atoms with Gasteiger partial charge in [-0.3, -0.25) is 4.79 Å². The van der Waals surface area contributed by atoms with Crippen molar-refractivity contribution in [1.29, 1.82) is 0 Å². The second-order valence-corrected chi connectivity index (χ2v) is 6.76. The fourth-order valence-corrected chi connectivity index (χ4v) is 3.33. The van der Waals surface area contributed by atoms with Gasteiger partial charge in [-0.1, -0.05) is 33.6 Å². The first-order valence-corrected chi connectivity index (χ1v) is 6.87. The summed E-state index contributed by atoms with van der Waals surface area (Å²) in [7, 11) is 0. The third-order valence-electron chi connectivity index (χ3n) is 3.76. The molecule has 0 bridgehead atoms. The molecule has 3 atom stereocenters. The fraction of sp³-hybridized carbons (Fsp3) is 0.867. The van der Waals surface area contributed by atoms with E-state index in [1.165, 1.54) is 5.92 Å². The van der Waals surface area contributed by atoms with Gasteiger partial charge in [0.2, 0.25) is 0 Å². The molecule has 3 heteroatoms. The molecule has 0 aliphatic heterocycles. The van der Waals surface area contributed by atoms with Crippen LogP contribution in [-0.2, 0) is 24.3 Å². The van der Waals surface area contributed by atoms with E-state index in [4.69, 9.17) is 5.73 Å². The van der Waals surface area contributed by atoms with Crippen LogP contribution >= 0.6 is 0 Å². The Bertz CT molecular complexity index is 276. The summed E-state index contributed by atoms with van der Waals surface area (Å²) in [5.41, 5.74) is 6.20. The molecule has 1 rings (SSSR count). The molecule has 0 heterocycles. The molecule has 1 saturated carbocycles. The van der Waals surface area contributed by atoms with Crippen molar-refractivity contribution in [3.8, 4) is 0 Å². The molecule has 0 radical (unpaired) electrons. The summed E-state index contributed by atoms with van der Waals surface area (Å²) in [5, 5.41) is 0. The summed E-state index contributed by atoms with van der Waals surface area (Å²) >= 11 is 0. The van der Waals surface area contributed by atoms with Gasteiger partial charge >= 0.3 is 0 Å². The smallest absolute Gasteiger partial charge is 0.135 e. The van der Waals surface area contributed by atoms with Crippen LogP contribution < -0.4 is 5.73 Å². The second-order valence-electron chi connectivity index (χ2n) is 6.76. The SMILES string of the molecule is CC1C[C-](CC(C)C(=O)C(C)C)CC(C)(N)C1.[Zn]. The largest absolute Gasteiger partial charge is 0.328 e. The Labute approximate surface area is 125 Å². The van der Waals surface area contributed by atoms with Crippen LogP contribution in [0, 0.1) is 23.7 Å². The van der Waals surface area contributed by atoms with Gasteiger partial charge in [0.25, 0.3) is 0 Å². The zero-order valence-corrected chi connectivity index (χ0v) is 15.7. The van der Waals surface area contributed by atoms with E-state index in [0.717, 1.165) is 25.7 Å². The molecule has 0 amide bonds. The molecule has 0 aromatic heterocycles. The van der Waals surface area contributed by atoms with Crippen molar-refractivity contribution in [1.82, 2.24) is 0 Å². The number of Topliss-reactive ketones (excluding diaryl/α,β-unsaturated/α-hetero) is 1. The summed E-state index contributed by atoms with van der Waals surface area (Å²) in [6.07, 6.45) is 4.19. The van der Waals surface area contributed by atoms with Gasteiger partial charge in [-0.05, 0) is 24.8 Å². The van der Waals surface area contributed by atoms with E-state index < -0.39 is 0 Å². The van der Waals surface area contributed by atoms with Gasteiger partial charge in [0.1, 0.15) is 5.78 Å². The van der Waals surface area contributed by atoms with Gasteiger partial charge in [-0.2, -0.15) is 19.3 Å². The molecule has 2 nitrogen and oxygen atoms in total. The molecule has 1 aliphatic carbocycles. The standard InChI is InChI=1S/C15H28NO.Zn/c1-10(2)14(17)12(4)7-13-6-11(3)8-15(5,16)9-13;/h10-12H,6-9,16H2,1-5H3;/q-1;. The monoisotopic (exact) mass is 302 g/mol. The second kappa shape index (κ2) is 7.15. The van der Waals surface area contributed by atoms with Crippen LogP contribution in [0.1, 0.15) is 60.3 Å². The van der Waals surface area contributed by atoms with Crippen LogP contribution in [0.15, 0.2) is 0 Å². The van der Waals surface area contributed by atoms with Crippen molar-refractivity contribution in [3.63, 3.8) is 0 Å². The topological polar surface area (TPSA) is 43.1 Å². The van der Waals surface area contributed by atoms with Crippen LogP contribution in [0.4, 0.5) is 0 Å². The first-order chi connectivity index (χ1) is 7.71. The van der Waals surface area contributed by atoms with Crippen molar-refractivity contribution in [3.05, 3.63) is 5.92 Å². The average molecular weight is 304 g/mol. The van der Waals surface area contributed by atoms with Gasteiger partial charge in [0.15, 0.2) is 0 Å². The van der Waals surface area contributed by atoms with Gasteiger partial charge in [0.05, 0.1) is 0 Å². The van der Waals surface area contributed by atoms with Crippen molar-refractivity contribution in [2.45, 2.75) is 65.8 Å². The molecule has 2 N–H and O–H groups in total. The Morgan fingerprint density at radius 3 is 2.44 bits per heavy atom. The van der Waals surface area contributed by atoms with Gasteiger partial charge in [-0.25, -0.2) is 0 Å². The zero-order valence-electron chi connectivity index (χ0n) is 12.8. The Morgan fingerprint density at radius 2 is 2.00 bits per heavy atom. The van der Waals surface area contributed by atoms with Gasteiger partial charge < -0.3 is 11.7 Å². The normalized spacial score (nSPS) is 30.9. The molecular formula is C15H28NOZn-. The van der Waals surface area contributed by atoms with Crippen LogP contribution in [0.2, 0.25) is 0 Å². The summed E-state index contributed by atoms with van der Waals surface area (Å²) in [5.74, 6) is 2.85. The molecule has 0 aromatic carbocycles. The first kappa shape index (κ1) is 18.3. The van der Waals surface area contributed by atoms with Crippen LogP contribution in [0.25, 0.3) is 0 Å². The van der Waals surface area contributed by atoms with Crippen LogP contribution in [-0.4, -0.2) is 11.3 Å². The van der Waals surface area contributed by atoms with Crippen molar-refractivity contribution in [2.24, 2.45) is 23.5 Å². The van der Waals surface area contributed by atoms with Crippen molar-refractivity contribution >= 4 is 5.78 Å². The predicted octanol–water partition coefficient (Wildman–Crippen LogP) is 3.35. The predicted molar refractivity (Wildman–Crippen MR) is 72.5 cm³/mol. The van der Waals surface area contributed by atoms with Crippen molar-refractivity contribution in [2.75, 3.05) is 0 Å². The molecule has 0 spiro atoms. The van der Waals surface area contributed by atoms with Gasteiger partial charge in [-0.15, -0.1) is 0 Å². The number of hydrogen-bond donors (Lipinski definition) is 1. The van der Waals surface area contributed by atoms with Crippen LogP contribution in [0.5, 0.6) is 0 Å².